The van der Waals surface area contributed by atoms with Gasteiger partial charge in [-0.3, -0.25) is 4.79 Å². The topological polar surface area (TPSA) is 58.4 Å². The molecule has 2 heterocycles. The smallest absolute Gasteiger partial charge is 0.298 e. The van der Waals surface area contributed by atoms with Gasteiger partial charge in [0.05, 0.1) is 0 Å². The zero-order valence-corrected chi connectivity index (χ0v) is 14.7. The van der Waals surface area contributed by atoms with Crippen LogP contribution in [0.25, 0.3) is 11.1 Å². The summed E-state index contributed by atoms with van der Waals surface area (Å²) in [5.41, 5.74) is 1.72. The Labute approximate surface area is 148 Å². The van der Waals surface area contributed by atoms with Crippen LogP contribution in [0.15, 0.2) is 28.7 Å². The molecule has 1 aliphatic heterocycles. The van der Waals surface area contributed by atoms with Crippen molar-refractivity contribution in [3.63, 3.8) is 0 Å². The van der Waals surface area contributed by atoms with Crippen molar-refractivity contribution in [2.45, 2.75) is 44.9 Å². The molecule has 0 bridgehead atoms. The molecule has 1 aliphatic carbocycles. The fourth-order valence-electron chi connectivity index (χ4n) is 4.17. The maximum absolute atomic E-state index is 12.4. The van der Waals surface area contributed by atoms with E-state index in [1.165, 1.54) is 25.7 Å². The van der Waals surface area contributed by atoms with Crippen molar-refractivity contribution >= 4 is 23.0 Å². The van der Waals surface area contributed by atoms with Crippen LogP contribution in [-0.4, -0.2) is 30.5 Å². The van der Waals surface area contributed by atoms with Gasteiger partial charge in [-0.2, -0.15) is 4.98 Å². The zero-order valence-electron chi connectivity index (χ0n) is 14.7. The van der Waals surface area contributed by atoms with Crippen LogP contribution in [0.5, 0.6) is 0 Å². The first kappa shape index (κ1) is 16.4. The van der Waals surface area contributed by atoms with Crippen molar-refractivity contribution in [3.05, 3.63) is 24.3 Å². The van der Waals surface area contributed by atoms with E-state index in [1.807, 2.05) is 24.3 Å². The van der Waals surface area contributed by atoms with Crippen LogP contribution in [0.2, 0.25) is 0 Å². The summed E-state index contributed by atoms with van der Waals surface area (Å²) < 4.78 is 5.84. The van der Waals surface area contributed by atoms with E-state index in [0.717, 1.165) is 55.9 Å². The lowest BCUT2D eigenvalue weighted by Gasteiger charge is -2.30. The summed E-state index contributed by atoms with van der Waals surface area (Å²) in [6, 6.07) is 8.51. The second kappa shape index (κ2) is 7.46. The van der Waals surface area contributed by atoms with Crippen molar-refractivity contribution in [1.29, 1.82) is 0 Å². The van der Waals surface area contributed by atoms with Gasteiger partial charge in [-0.05, 0) is 37.3 Å². The second-order valence-electron chi connectivity index (χ2n) is 7.46. The van der Waals surface area contributed by atoms with Gasteiger partial charge in [0.25, 0.3) is 6.01 Å². The number of anilines is 1. The highest BCUT2D eigenvalue weighted by atomic mass is 16.4. The zero-order chi connectivity index (χ0) is 17.1. The number of aromatic nitrogens is 1. The van der Waals surface area contributed by atoms with E-state index in [0.29, 0.717) is 6.01 Å². The monoisotopic (exact) mass is 341 g/mol. The summed E-state index contributed by atoms with van der Waals surface area (Å²) in [5, 5.41) is 3.16. The number of para-hydroxylation sites is 2. The number of piperidine rings is 1. The molecule has 1 aromatic heterocycles. The highest BCUT2D eigenvalue weighted by Crippen LogP contribution is 2.28. The minimum absolute atomic E-state index is 0.129. The Kier molecular flexibility index (Phi) is 4.90. The Balaban J connectivity index is 1.25. The molecule has 4 rings (SSSR count). The number of rotatable bonds is 5. The molecule has 0 spiro atoms. The van der Waals surface area contributed by atoms with Gasteiger partial charge < -0.3 is 14.6 Å². The van der Waals surface area contributed by atoms with Gasteiger partial charge in [-0.1, -0.05) is 37.8 Å². The molecular formula is C20H27N3O2. The van der Waals surface area contributed by atoms with E-state index in [1.54, 1.807) is 0 Å². The van der Waals surface area contributed by atoms with Crippen LogP contribution < -0.4 is 10.2 Å². The average Bonchev–Trinajstić information content (AvgIpc) is 3.31. The molecule has 2 aliphatic rings. The Bertz CT molecular complexity index is 680. The molecule has 2 fully saturated rings. The molecule has 1 amide bonds. The van der Waals surface area contributed by atoms with Gasteiger partial charge in [-0.15, -0.1) is 0 Å². The maximum Gasteiger partial charge on any atom is 0.298 e. The molecule has 0 unspecified atom stereocenters. The first-order valence-corrected chi connectivity index (χ1v) is 9.68. The summed E-state index contributed by atoms with van der Waals surface area (Å²) in [5.74, 6) is 1.20. The molecule has 1 saturated heterocycles. The van der Waals surface area contributed by atoms with Gasteiger partial charge in [0.15, 0.2) is 5.58 Å². The Morgan fingerprint density at radius 3 is 2.68 bits per heavy atom. The minimum atomic E-state index is 0.129. The number of fused-ring (bicyclic) bond motifs is 1. The van der Waals surface area contributed by atoms with Crippen molar-refractivity contribution in [2.24, 2.45) is 11.8 Å². The van der Waals surface area contributed by atoms with Crippen LogP contribution in [0.4, 0.5) is 6.01 Å². The molecule has 0 atom stereocenters. The summed E-state index contributed by atoms with van der Waals surface area (Å²) in [6.45, 7) is 2.50. The van der Waals surface area contributed by atoms with Crippen LogP contribution in [0.1, 0.15) is 44.9 Å². The first-order chi connectivity index (χ1) is 12.3. The number of carbonyl (C=O) groups is 1. The predicted octanol–water partition coefficient (Wildman–Crippen LogP) is 3.74. The van der Waals surface area contributed by atoms with Crippen LogP contribution in [0.3, 0.4) is 0 Å². The van der Waals surface area contributed by atoms with E-state index in [-0.39, 0.29) is 11.8 Å². The highest BCUT2D eigenvalue weighted by Gasteiger charge is 2.27. The molecule has 1 aromatic carbocycles. The fourth-order valence-corrected chi connectivity index (χ4v) is 4.17. The molecular weight excluding hydrogens is 314 g/mol. The van der Waals surface area contributed by atoms with Gasteiger partial charge in [0.2, 0.25) is 5.91 Å². The summed E-state index contributed by atoms with van der Waals surface area (Å²) in [6.07, 6.45) is 8.31. The normalized spacial score (nSPS) is 19.6. The van der Waals surface area contributed by atoms with Gasteiger partial charge >= 0.3 is 0 Å². The molecule has 0 radical (unpaired) electrons. The lowest BCUT2D eigenvalue weighted by atomic mass is 9.96. The highest BCUT2D eigenvalue weighted by molar-refractivity contribution is 5.79. The minimum Gasteiger partial charge on any atom is -0.423 e. The number of hydrogen-bond donors (Lipinski definition) is 1. The number of nitrogens with one attached hydrogen (secondary N) is 1. The van der Waals surface area contributed by atoms with Gasteiger partial charge in [0, 0.05) is 25.6 Å². The second-order valence-corrected chi connectivity index (χ2v) is 7.46. The standard InChI is InChI=1S/C20H27N3O2/c24-19(21-12-9-15-5-1-2-6-15)16-10-13-23(14-11-16)20-22-17-7-3-4-8-18(17)25-20/h3-4,7-8,15-16H,1-2,5-6,9-14H2,(H,21,24). The summed E-state index contributed by atoms with van der Waals surface area (Å²) in [7, 11) is 0. The number of carbonyl (C=O) groups excluding carboxylic acids is 1. The molecule has 5 heteroatoms. The molecule has 1 N–H and O–H groups in total. The van der Waals surface area contributed by atoms with Crippen LogP contribution in [-0.2, 0) is 4.79 Å². The van der Waals surface area contributed by atoms with Crippen molar-refractivity contribution in [3.8, 4) is 0 Å². The van der Waals surface area contributed by atoms with Crippen molar-refractivity contribution < 1.29 is 9.21 Å². The number of benzene rings is 1. The number of hydrogen-bond acceptors (Lipinski definition) is 4. The van der Waals surface area contributed by atoms with Crippen molar-refractivity contribution in [1.82, 2.24) is 10.3 Å². The van der Waals surface area contributed by atoms with E-state index < -0.39 is 0 Å². The third-order valence-corrected chi connectivity index (χ3v) is 5.75. The van der Waals surface area contributed by atoms with E-state index in [9.17, 15) is 4.79 Å². The SMILES string of the molecule is O=C(NCCC1CCCC1)C1CCN(c2nc3ccccc3o2)CC1. The van der Waals surface area contributed by atoms with Gasteiger partial charge in [-0.25, -0.2) is 0 Å². The molecule has 2 aromatic rings. The third-order valence-electron chi connectivity index (χ3n) is 5.75. The van der Waals surface area contributed by atoms with E-state index >= 15 is 0 Å². The summed E-state index contributed by atoms with van der Waals surface area (Å²) >= 11 is 0. The molecule has 5 nitrogen and oxygen atoms in total. The number of amides is 1. The van der Waals surface area contributed by atoms with Crippen LogP contribution >= 0.6 is 0 Å². The van der Waals surface area contributed by atoms with E-state index in [2.05, 4.69) is 15.2 Å². The Morgan fingerprint density at radius 1 is 1.16 bits per heavy atom. The lowest BCUT2D eigenvalue weighted by molar-refractivity contribution is -0.125. The maximum atomic E-state index is 12.4. The largest absolute Gasteiger partial charge is 0.423 e. The number of oxazole rings is 1. The van der Waals surface area contributed by atoms with Crippen molar-refractivity contribution in [2.75, 3.05) is 24.5 Å². The Morgan fingerprint density at radius 2 is 1.92 bits per heavy atom. The van der Waals surface area contributed by atoms with Crippen LogP contribution in [0, 0.1) is 11.8 Å². The quantitative estimate of drug-likeness (QED) is 0.900. The molecule has 1 saturated carbocycles. The average molecular weight is 341 g/mol. The summed E-state index contributed by atoms with van der Waals surface area (Å²) in [4.78, 5) is 19.1. The third kappa shape index (κ3) is 3.80. The number of nitrogens with zero attached hydrogens (tertiary/aromatic N) is 2. The lowest BCUT2D eigenvalue weighted by Crippen LogP contribution is -2.41. The van der Waals surface area contributed by atoms with Gasteiger partial charge in [0.1, 0.15) is 5.52 Å². The predicted molar refractivity (Wildman–Crippen MR) is 98.5 cm³/mol. The molecule has 25 heavy (non-hydrogen) atoms. The Hall–Kier alpha value is -2.04. The van der Waals surface area contributed by atoms with E-state index in [4.69, 9.17) is 4.42 Å². The first-order valence-electron chi connectivity index (χ1n) is 9.68. The molecule has 134 valence electrons. The fraction of sp³-hybridized carbons (Fsp3) is 0.600.